The molecule has 0 radical (unpaired) electrons. The number of rotatable bonds is 6. The summed E-state index contributed by atoms with van der Waals surface area (Å²) in [4.78, 5) is 37.0. The standard InChI is InChI=1S/C22H17ClN2O5/c23-16-11-12-19(18(13-16)21(27)15-7-3-1-4-8-15)24-20(26)14-25(29)22(28)30-17-9-5-2-6-10-17/h1-13,29H,14H2,(H,24,26). The van der Waals surface area contributed by atoms with Crippen LogP contribution in [0, 0.1) is 0 Å². The number of hydroxylamine groups is 2. The highest BCUT2D eigenvalue weighted by molar-refractivity contribution is 6.31. The summed E-state index contributed by atoms with van der Waals surface area (Å²) in [6.07, 6.45) is -1.12. The van der Waals surface area contributed by atoms with Gasteiger partial charge in [0.1, 0.15) is 12.3 Å². The number of ether oxygens (including phenoxy) is 1. The summed E-state index contributed by atoms with van der Waals surface area (Å²) < 4.78 is 4.95. The molecule has 0 aliphatic rings. The molecule has 0 bridgehead atoms. The fourth-order valence-electron chi connectivity index (χ4n) is 2.59. The van der Waals surface area contributed by atoms with Gasteiger partial charge in [0.15, 0.2) is 5.78 Å². The number of para-hydroxylation sites is 1. The number of anilines is 1. The van der Waals surface area contributed by atoms with Gasteiger partial charge in [-0.3, -0.25) is 14.8 Å². The molecule has 0 unspecified atom stereocenters. The van der Waals surface area contributed by atoms with Gasteiger partial charge in [-0.15, -0.1) is 0 Å². The molecule has 0 atom stereocenters. The van der Waals surface area contributed by atoms with E-state index < -0.39 is 18.5 Å². The molecule has 152 valence electrons. The summed E-state index contributed by atoms with van der Waals surface area (Å²) in [6, 6.07) is 21.0. The number of nitrogens with one attached hydrogen (secondary N) is 1. The van der Waals surface area contributed by atoms with Crippen LogP contribution in [0.15, 0.2) is 78.9 Å². The number of carbonyl (C=O) groups is 3. The number of hydrogen-bond donors (Lipinski definition) is 2. The maximum atomic E-state index is 12.8. The van der Waals surface area contributed by atoms with Crippen LogP contribution in [0.4, 0.5) is 10.5 Å². The lowest BCUT2D eigenvalue weighted by atomic mass is 10.0. The average Bonchev–Trinajstić information content (AvgIpc) is 2.75. The maximum absolute atomic E-state index is 12.8. The van der Waals surface area contributed by atoms with Crippen molar-refractivity contribution in [3.63, 3.8) is 0 Å². The van der Waals surface area contributed by atoms with Crippen LogP contribution >= 0.6 is 11.6 Å². The van der Waals surface area contributed by atoms with E-state index in [2.05, 4.69) is 5.32 Å². The Labute approximate surface area is 177 Å². The van der Waals surface area contributed by atoms with Crippen LogP contribution in [0.1, 0.15) is 15.9 Å². The minimum absolute atomic E-state index is 0.136. The van der Waals surface area contributed by atoms with Crippen molar-refractivity contribution in [3.8, 4) is 5.75 Å². The van der Waals surface area contributed by atoms with Gasteiger partial charge in [-0.25, -0.2) is 4.79 Å². The van der Waals surface area contributed by atoms with E-state index in [9.17, 15) is 19.6 Å². The first-order chi connectivity index (χ1) is 14.4. The number of benzene rings is 3. The molecule has 0 spiro atoms. The molecule has 0 saturated heterocycles. The molecule has 0 heterocycles. The fourth-order valence-corrected chi connectivity index (χ4v) is 2.76. The minimum atomic E-state index is -1.12. The molecule has 0 fully saturated rings. The molecule has 0 aromatic heterocycles. The minimum Gasteiger partial charge on any atom is -0.409 e. The zero-order valence-electron chi connectivity index (χ0n) is 15.6. The first kappa shape index (κ1) is 21.0. The van der Waals surface area contributed by atoms with Crippen molar-refractivity contribution in [2.24, 2.45) is 0 Å². The topological polar surface area (TPSA) is 95.9 Å². The molecule has 8 heteroatoms. The third-order valence-corrected chi connectivity index (χ3v) is 4.22. The van der Waals surface area contributed by atoms with Crippen LogP contribution in [-0.2, 0) is 4.79 Å². The quantitative estimate of drug-likeness (QED) is 0.347. The molecule has 30 heavy (non-hydrogen) atoms. The third-order valence-electron chi connectivity index (χ3n) is 3.99. The molecular formula is C22H17ClN2O5. The number of ketones is 1. The van der Waals surface area contributed by atoms with E-state index in [0.717, 1.165) is 0 Å². The Balaban J connectivity index is 1.69. The zero-order valence-corrected chi connectivity index (χ0v) is 16.4. The maximum Gasteiger partial charge on any atom is 0.439 e. The third kappa shape index (κ3) is 5.44. The predicted molar refractivity (Wildman–Crippen MR) is 111 cm³/mol. The Bertz CT molecular complexity index is 1060. The number of halogens is 1. The normalized spacial score (nSPS) is 10.2. The lowest BCUT2D eigenvalue weighted by molar-refractivity contribution is -0.126. The summed E-state index contributed by atoms with van der Waals surface area (Å²) in [5.74, 6) is -0.847. The van der Waals surface area contributed by atoms with Gasteiger partial charge in [-0.05, 0) is 30.3 Å². The lowest BCUT2D eigenvalue weighted by Crippen LogP contribution is -2.37. The Morgan fingerprint density at radius 1 is 0.933 bits per heavy atom. The van der Waals surface area contributed by atoms with Crippen LogP contribution in [0.25, 0.3) is 0 Å². The van der Waals surface area contributed by atoms with Crippen molar-refractivity contribution in [2.75, 3.05) is 11.9 Å². The van der Waals surface area contributed by atoms with Gasteiger partial charge in [-0.1, -0.05) is 60.1 Å². The Hall–Kier alpha value is -3.68. The molecule has 3 rings (SSSR count). The molecule has 2 N–H and O–H groups in total. The van der Waals surface area contributed by atoms with Crippen molar-refractivity contribution in [1.82, 2.24) is 5.06 Å². The number of carbonyl (C=O) groups excluding carboxylic acids is 3. The van der Waals surface area contributed by atoms with Gasteiger partial charge in [0, 0.05) is 16.1 Å². The van der Waals surface area contributed by atoms with E-state index in [0.29, 0.717) is 10.6 Å². The highest BCUT2D eigenvalue weighted by atomic mass is 35.5. The summed E-state index contributed by atoms with van der Waals surface area (Å²) in [5, 5.41) is 12.8. The molecule has 0 aliphatic heterocycles. The van der Waals surface area contributed by atoms with E-state index in [1.165, 1.54) is 30.3 Å². The van der Waals surface area contributed by atoms with Crippen LogP contribution in [0.2, 0.25) is 5.02 Å². The predicted octanol–water partition coefficient (Wildman–Crippen LogP) is 4.40. The van der Waals surface area contributed by atoms with E-state index in [1.54, 1.807) is 48.5 Å². The van der Waals surface area contributed by atoms with E-state index in [-0.39, 0.29) is 27.8 Å². The number of nitrogens with zero attached hydrogens (tertiary/aromatic N) is 1. The van der Waals surface area contributed by atoms with Gasteiger partial charge in [0.2, 0.25) is 5.91 Å². The zero-order chi connectivity index (χ0) is 21.5. The van der Waals surface area contributed by atoms with Crippen molar-refractivity contribution in [1.29, 1.82) is 0 Å². The highest BCUT2D eigenvalue weighted by Gasteiger charge is 2.20. The van der Waals surface area contributed by atoms with Crippen molar-refractivity contribution < 1.29 is 24.3 Å². The van der Waals surface area contributed by atoms with Crippen molar-refractivity contribution >= 4 is 35.1 Å². The lowest BCUT2D eigenvalue weighted by Gasteiger charge is -2.16. The van der Waals surface area contributed by atoms with Crippen LogP contribution < -0.4 is 10.1 Å². The molecule has 7 nitrogen and oxygen atoms in total. The molecule has 3 aromatic carbocycles. The summed E-state index contributed by atoms with van der Waals surface area (Å²) in [7, 11) is 0. The molecule has 2 amide bonds. The van der Waals surface area contributed by atoms with Crippen molar-refractivity contribution in [3.05, 3.63) is 95.0 Å². The molecular weight excluding hydrogens is 408 g/mol. The van der Waals surface area contributed by atoms with Gasteiger partial charge in [-0.2, -0.15) is 5.06 Å². The van der Waals surface area contributed by atoms with Crippen LogP contribution in [0.3, 0.4) is 0 Å². The monoisotopic (exact) mass is 424 g/mol. The molecule has 0 aliphatic carbocycles. The second kappa shape index (κ2) is 9.69. The van der Waals surface area contributed by atoms with E-state index in [1.807, 2.05) is 0 Å². The summed E-state index contributed by atoms with van der Waals surface area (Å²) in [5.41, 5.74) is 0.798. The van der Waals surface area contributed by atoms with Crippen LogP contribution in [-0.4, -0.2) is 34.6 Å². The Kier molecular flexibility index (Phi) is 6.79. The number of amides is 2. The van der Waals surface area contributed by atoms with E-state index >= 15 is 0 Å². The largest absolute Gasteiger partial charge is 0.439 e. The fraction of sp³-hybridized carbons (Fsp3) is 0.0455. The van der Waals surface area contributed by atoms with Gasteiger partial charge in [0.05, 0.1) is 5.69 Å². The van der Waals surface area contributed by atoms with Gasteiger partial charge >= 0.3 is 6.09 Å². The highest BCUT2D eigenvalue weighted by Crippen LogP contribution is 2.24. The van der Waals surface area contributed by atoms with Gasteiger partial charge < -0.3 is 10.1 Å². The smallest absolute Gasteiger partial charge is 0.409 e. The van der Waals surface area contributed by atoms with Crippen LogP contribution in [0.5, 0.6) is 5.75 Å². The van der Waals surface area contributed by atoms with Crippen molar-refractivity contribution in [2.45, 2.75) is 0 Å². The van der Waals surface area contributed by atoms with Gasteiger partial charge in [0.25, 0.3) is 0 Å². The van der Waals surface area contributed by atoms with E-state index in [4.69, 9.17) is 16.3 Å². The Morgan fingerprint density at radius 2 is 1.57 bits per heavy atom. The first-order valence-electron chi connectivity index (χ1n) is 8.86. The summed E-state index contributed by atoms with van der Waals surface area (Å²) >= 11 is 6.01. The average molecular weight is 425 g/mol. The Morgan fingerprint density at radius 3 is 2.23 bits per heavy atom. The second-order valence-corrected chi connectivity index (χ2v) is 6.61. The number of hydrogen-bond acceptors (Lipinski definition) is 5. The second-order valence-electron chi connectivity index (χ2n) is 6.17. The first-order valence-corrected chi connectivity index (χ1v) is 9.24. The molecule has 3 aromatic rings. The SMILES string of the molecule is O=C(CN(O)C(=O)Oc1ccccc1)Nc1ccc(Cl)cc1C(=O)c1ccccc1. The molecule has 0 saturated carbocycles. The summed E-state index contributed by atoms with van der Waals surface area (Å²) in [6.45, 7) is -0.701.